The number of carbonyl (C=O) groups is 1. The van der Waals surface area contributed by atoms with Gasteiger partial charge in [-0.25, -0.2) is 0 Å². The largest absolute Gasteiger partial charge is 0.300 e. The minimum Gasteiger partial charge on any atom is -0.300 e. The van der Waals surface area contributed by atoms with Gasteiger partial charge in [0.05, 0.1) is 0 Å². The van der Waals surface area contributed by atoms with Crippen molar-refractivity contribution in [3.05, 3.63) is 0 Å². The highest BCUT2D eigenvalue weighted by Crippen LogP contribution is 2.33. The zero-order chi connectivity index (χ0) is 9.68. The molecule has 0 N–H and O–H groups in total. The maximum atomic E-state index is 10.8. The standard InChI is InChI=1S/C12H22O/c1-3-11-5-4-6-12(9-11)8-7-10(2)13/h11-12H,3-9H2,1-2H3. The normalized spacial score (nSPS) is 28.8. The lowest BCUT2D eigenvalue weighted by Gasteiger charge is -2.28. The Bertz CT molecular complexity index is 163. The molecule has 0 amide bonds. The summed E-state index contributed by atoms with van der Waals surface area (Å²) in [5, 5.41) is 0. The first-order chi connectivity index (χ1) is 6.22. The van der Waals surface area contributed by atoms with Crippen LogP contribution < -0.4 is 0 Å². The average Bonchev–Trinajstić information content (AvgIpc) is 2.15. The van der Waals surface area contributed by atoms with Gasteiger partial charge >= 0.3 is 0 Å². The van der Waals surface area contributed by atoms with Crippen molar-refractivity contribution >= 4 is 5.78 Å². The summed E-state index contributed by atoms with van der Waals surface area (Å²) in [5.41, 5.74) is 0. The quantitative estimate of drug-likeness (QED) is 0.649. The van der Waals surface area contributed by atoms with Crippen molar-refractivity contribution in [3.8, 4) is 0 Å². The van der Waals surface area contributed by atoms with Crippen molar-refractivity contribution in [3.63, 3.8) is 0 Å². The molecule has 0 bridgehead atoms. The van der Waals surface area contributed by atoms with E-state index in [0.717, 1.165) is 24.7 Å². The van der Waals surface area contributed by atoms with Crippen molar-refractivity contribution in [2.24, 2.45) is 11.8 Å². The smallest absolute Gasteiger partial charge is 0.129 e. The molecule has 13 heavy (non-hydrogen) atoms. The van der Waals surface area contributed by atoms with E-state index in [1.807, 2.05) is 0 Å². The minimum atomic E-state index is 0.360. The first-order valence-electron chi connectivity index (χ1n) is 5.71. The highest BCUT2D eigenvalue weighted by Gasteiger charge is 2.20. The van der Waals surface area contributed by atoms with E-state index in [-0.39, 0.29) is 0 Å². The number of Topliss-reactive ketones (excluding diaryl/α,β-unsaturated/α-hetero) is 1. The molecular weight excluding hydrogens is 160 g/mol. The summed E-state index contributed by atoms with van der Waals surface area (Å²) in [5.74, 6) is 2.16. The Morgan fingerprint density at radius 2 is 2.00 bits per heavy atom. The zero-order valence-electron chi connectivity index (χ0n) is 9.01. The van der Waals surface area contributed by atoms with Gasteiger partial charge < -0.3 is 4.79 Å². The second-order valence-corrected chi connectivity index (χ2v) is 4.55. The summed E-state index contributed by atoms with van der Waals surface area (Å²) < 4.78 is 0. The van der Waals surface area contributed by atoms with Crippen LogP contribution >= 0.6 is 0 Å². The molecule has 0 aromatic rings. The van der Waals surface area contributed by atoms with Crippen LogP contribution in [0.5, 0.6) is 0 Å². The van der Waals surface area contributed by atoms with Gasteiger partial charge in [-0.1, -0.05) is 32.6 Å². The molecular formula is C12H22O. The summed E-state index contributed by atoms with van der Waals surface area (Å²) in [6.45, 7) is 4.00. The maximum Gasteiger partial charge on any atom is 0.129 e. The van der Waals surface area contributed by atoms with Crippen LogP contribution in [0.4, 0.5) is 0 Å². The SMILES string of the molecule is CCC1CCCC(CCC(C)=O)C1. The third-order valence-corrected chi connectivity index (χ3v) is 3.37. The third kappa shape index (κ3) is 3.93. The molecule has 1 fully saturated rings. The van der Waals surface area contributed by atoms with Crippen LogP contribution in [0.3, 0.4) is 0 Å². The van der Waals surface area contributed by atoms with E-state index >= 15 is 0 Å². The van der Waals surface area contributed by atoms with Gasteiger partial charge in [0.1, 0.15) is 5.78 Å². The summed E-state index contributed by atoms with van der Waals surface area (Å²) in [6.07, 6.45) is 8.84. The molecule has 0 heterocycles. The van der Waals surface area contributed by atoms with E-state index in [0.29, 0.717) is 5.78 Å². The molecule has 0 saturated heterocycles. The van der Waals surface area contributed by atoms with Gasteiger partial charge in [0.2, 0.25) is 0 Å². The van der Waals surface area contributed by atoms with E-state index in [4.69, 9.17) is 0 Å². The van der Waals surface area contributed by atoms with Crippen molar-refractivity contribution < 1.29 is 4.79 Å². The molecule has 1 rings (SSSR count). The fourth-order valence-electron chi connectivity index (χ4n) is 2.44. The van der Waals surface area contributed by atoms with Crippen LogP contribution in [0.2, 0.25) is 0 Å². The number of rotatable bonds is 4. The van der Waals surface area contributed by atoms with Gasteiger partial charge in [-0.05, 0) is 31.6 Å². The van der Waals surface area contributed by atoms with Gasteiger partial charge in [0.15, 0.2) is 0 Å². The second kappa shape index (κ2) is 5.41. The van der Waals surface area contributed by atoms with Crippen molar-refractivity contribution in [1.29, 1.82) is 0 Å². The third-order valence-electron chi connectivity index (χ3n) is 3.37. The van der Waals surface area contributed by atoms with Crippen LogP contribution in [-0.4, -0.2) is 5.78 Å². The molecule has 0 aromatic heterocycles. The molecule has 0 spiro atoms. The first kappa shape index (κ1) is 10.7. The van der Waals surface area contributed by atoms with Gasteiger partial charge in [-0.2, -0.15) is 0 Å². The molecule has 2 atom stereocenters. The molecule has 2 unspecified atom stereocenters. The van der Waals surface area contributed by atoms with Crippen LogP contribution in [0.25, 0.3) is 0 Å². The molecule has 1 aliphatic rings. The lowest BCUT2D eigenvalue weighted by Crippen LogP contribution is -2.15. The van der Waals surface area contributed by atoms with E-state index in [9.17, 15) is 4.79 Å². The molecule has 76 valence electrons. The topological polar surface area (TPSA) is 17.1 Å². The van der Waals surface area contributed by atoms with E-state index in [2.05, 4.69) is 6.92 Å². The molecule has 1 aliphatic carbocycles. The van der Waals surface area contributed by atoms with Gasteiger partial charge in [-0.3, -0.25) is 0 Å². The number of ketones is 1. The number of hydrogen-bond donors (Lipinski definition) is 0. The second-order valence-electron chi connectivity index (χ2n) is 4.55. The van der Waals surface area contributed by atoms with Crippen molar-refractivity contribution in [2.75, 3.05) is 0 Å². The average molecular weight is 182 g/mol. The Kier molecular flexibility index (Phi) is 4.47. The van der Waals surface area contributed by atoms with Crippen LogP contribution in [-0.2, 0) is 4.79 Å². The van der Waals surface area contributed by atoms with Gasteiger partial charge in [-0.15, -0.1) is 0 Å². The molecule has 0 aliphatic heterocycles. The Hall–Kier alpha value is -0.330. The molecule has 0 aromatic carbocycles. The fourth-order valence-corrected chi connectivity index (χ4v) is 2.44. The number of carbonyl (C=O) groups excluding carboxylic acids is 1. The predicted octanol–water partition coefficient (Wildman–Crippen LogP) is 3.57. The predicted molar refractivity (Wildman–Crippen MR) is 55.7 cm³/mol. The van der Waals surface area contributed by atoms with Crippen LogP contribution in [0.1, 0.15) is 58.8 Å². The van der Waals surface area contributed by atoms with Crippen molar-refractivity contribution in [1.82, 2.24) is 0 Å². The lowest BCUT2D eigenvalue weighted by molar-refractivity contribution is -0.117. The lowest BCUT2D eigenvalue weighted by atomic mass is 9.78. The zero-order valence-corrected chi connectivity index (χ0v) is 9.01. The fraction of sp³-hybridized carbons (Fsp3) is 0.917. The summed E-state index contributed by atoms with van der Waals surface area (Å²) in [6, 6.07) is 0. The highest BCUT2D eigenvalue weighted by atomic mass is 16.1. The Labute approximate surface area is 81.9 Å². The molecule has 0 radical (unpaired) electrons. The van der Waals surface area contributed by atoms with Crippen LogP contribution in [0.15, 0.2) is 0 Å². The monoisotopic (exact) mass is 182 g/mol. The van der Waals surface area contributed by atoms with E-state index in [1.54, 1.807) is 6.92 Å². The van der Waals surface area contributed by atoms with E-state index in [1.165, 1.54) is 32.1 Å². The van der Waals surface area contributed by atoms with Gasteiger partial charge in [0, 0.05) is 6.42 Å². The number of hydrogen-bond acceptors (Lipinski definition) is 1. The molecule has 1 nitrogen and oxygen atoms in total. The van der Waals surface area contributed by atoms with E-state index < -0.39 is 0 Å². The summed E-state index contributed by atoms with van der Waals surface area (Å²) in [4.78, 5) is 10.8. The Morgan fingerprint density at radius 1 is 1.31 bits per heavy atom. The Balaban J connectivity index is 2.21. The summed E-state index contributed by atoms with van der Waals surface area (Å²) in [7, 11) is 0. The van der Waals surface area contributed by atoms with Crippen LogP contribution in [0, 0.1) is 11.8 Å². The maximum absolute atomic E-state index is 10.8. The summed E-state index contributed by atoms with van der Waals surface area (Å²) >= 11 is 0. The molecule has 1 saturated carbocycles. The van der Waals surface area contributed by atoms with Gasteiger partial charge in [0.25, 0.3) is 0 Å². The van der Waals surface area contributed by atoms with Crippen molar-refractivity contribution in [2.45, 2.75) is 58.8 Å². The highest BCUT2D eigenvalue weighted by molar-refractivity contribution is 5.75. The Morgan fingerprint density at radius 3 is 2.62 bits per heavy atom. The minimum absolute atomic E-state index is 0.360. The first-order valence-corrected chi connectivity index (χ1v) is 5.71. The molecule has 1 heteroatoms.